The van der Waals surface area contributed by atoms with Gasteiger partial charge in [-0.2, -0.15) is 0 Å². The Balaban J connectivity index is 1.69. The Bertz CT molecular complexity index is 797. The van der Waals surface area contributed by atoms with Gasteiger partial charge in [0.2, 0.25) is 5.91 Å². The number of rotatable bonds is 7. The van der Waals surface area contributed by atoms with Gasteiger partial charge in [0.1, 0.15) is 0 Å². The SMILES string of the molecule is C/C(=C\c1ccccc1)CN(CCc1ccc(Cl)cc1Cl)C(=O)C1CC1. The number of nitrogens with zero attached hydrogens (tertiary/aromatic N) is 1. The summed E-state index contributed by atoms with van der Waals surface area (Å²) in [6.45, 7) is 3.39. The van der Waals surface area contributed by atoms with Gasteiger partial charge in [0, 0.05) is 29.1 Å². The molecule has 26 heavy (non-hydrogen) atoms. The van der Waals surface area contributed by atoms with Gasteiger partial charge in [0.15, 0.2) is 0 Å². The Morgan fingerprint density at radius 3 is 2.54 bits per heavy atom. The van der Waals surface area contributed by atoms with E-state index >= 15 is 0 Å². The van der Waals surface area contributed by atoms with Gasteiger partial charge < -0.3 is 4.90 Å². The lowest BCUT2D eigenvalue weighted by Crippen LogP contribution is -2.35. The summed E-state index contributed by atoms with van der Waals surface area (Å²) in [5.74, 6) is 0.469. The second-order valence-corrected chi connectivity index (χ2v) is 7.76. The molecule has 2 nitrogen and oxygen atoms in total. The molecule has 1 amide bonds. The molecule has 1 saturated carbocycles. The molecule has 1 fully saturated rings. The standard InChI is InChI=1S/C22H23Cl2NO/c1-16(13-17-5-3-2-4-6-17)15-25(22(26)19-7-8-19)12-11-18-9-10-20(23)14-21(18)24/h2-6,9-10,13-14,19H,7-8,11-12,15H2,1H3/b16-13+. The smallest absolute Gasteiger partial charge is 0.225 e. The topological polar surface area (TPSA) is 20.3 Å². The molecule has 1 aliphatic carbocycles. The number of amides is 1. The summed E-state index contributed by atoms with van der Waals surface area (Å²) in [4.78, 5) is 14.7. The van der Waals surface area contributed by atoms with Crippen LogP contribution in [0.5, 0.6) is 0 Å². The first-order valence-corrected chi connectivity index (χ1v) is 9.73. The molecule has 0 saturated heterocycles. The second-order valence-electron chi connectivity index (χ2n) is 6.92. The quantitative estimate of drug-likeness (QED) is 0.580. The summed E-state index contributed by atoms with van der Waals surface area (Å²) in [6.07, 6.45) is 4.90. The van der Waals surface area contributed by atoms with E-state index in [1.54, 1.807) is 6.07 Å². The Morgan fingerprint density at radius 1 is 1.15 bits per heavy atom. The number of benzene rings is 2. The lowest BCUT2D eigenvalue weighted by Gasteiger charge is -2.23. The minimum absolute atomic E-state index is 0.209. The number of hydrogen-bond acceptors (Lipinski definition) is 1. The summed E-state index contributed by atoms with van der Waals surface area (Å²) < 4.78 is 0. The van der Waals surface area contributed by atoms with E-state index in [1.165, 1.54) is 5.57 Å². The molecular formula is C22H23Cl2NO. The predicted molar refractivity (Wildman–Crippen MR) is 110 cm³/mol. The second kappa shape index (κ2) is 8.75. The van der Waals surface area contributed by atoms with Crippen LogP contribution in [0.15, 0.2) is 54.1 Å². The van der Waals surface area contributed by atoms with Gasteiger partial charge >= 0.3 is 0 Å². The molecular weight excluding hydrogens is 365 g/mol. The van der Waals surface area contributed by atoms with E-state index in [4.69, 9.17) is 23.2 Å². The van der Waals surface area contributed by atoms with E-state index in [9.17, 15) is 4.79 Å². The van der Waals surface area contributed by atoms with E-state index in [-0.39, 0.29) is 11.8 Å². The zero-order valence-electron chi connectivity index (χ0n) is 14.9. The zero-order chi connectivity index (χ0) is 18.5. The van der Waals surface area contributed by atoms with E-state index in [1.807, 2.05) is 35.2 Å². The van der Waals surface area contributed by atoms with Crippen LogP contribution in [0, 0.1) is 5.92 Å². The number of hydrogen-bond donors (Lipinski definition) is 0. The third-order valence-corrected chi connectivity index (χ3v) is 5.14. The van der Waals surface area contributed by atoms with E-state index in [0.29, 0.717) is 23.1 Å². The van der Waals surface area contributed by atoms with Crippen molar-refractivity contribution in [3.63, 3.8) is 0 Å². The molecule has 0 heterocycles. The lowest BCUT2D eigenvalue weighted by atomic mass is 10.1. The minimum Gasteiger partial charge on any atom is -0.338 e. The molecule has 3 rings (SSSR count). The van der Waals surface area contributed by atoms with E-state index in [2.05, 4.69) is 25.1 Å². The monoisotopic (exact) mass is 387 g/mol. The van der Waals surface area contributed by atoms with Gasteiger partial charge in [0.05, 0.1) is 0 Å². The maximum absolute atomic E-state index is 12.7. The molecule has 0 unspecified atom stereocenters. The van der Waals surface area contributed by atoms with Crippen molar-refractivity contribution >= 4 is 35.2 Å². The van der Waals surface area contributed by atoms with Crippen molar-refractivity contribution in [3.8, 4) is 0 Å². The molecule has 0 bridgehead atoms. The van der Waals surface area contributed by atoms with Crippen molar-refractivity contribution in [1.82, 2.24) is 4.90 Å². The van der Waals surface area contributed by atoms with Crippen LogP contribution in [0.25, 0.3) is 6.08 Å². The van der Waals surface area contributed by atoms with E-state index < -0.39 is 0 Å². The Labute approximate surface area is 165 Å². The van der Waals surface area contributed by atoms with E-state index in [0.717, 1.165) is 30.4 Å². The normalized spacial score (nSPS) is 14.3. The molecule has 0 N–H and O–H groups in total. The zero-order valence-corrected chi connectivity index (χ0v) is 16.4. The van der Waals surface area contributed by atoms with Crippen molar-refractivity contribution in [2.45, 2.75) is 26.2 Å². The van der Waals surface area contributed by atoms with Gasteiger partial charge in [-0.15, -0.1) is 0 Å². The Hall–Kier alpha value is -1.77. The summed E-state index contributed by atoms with van der Waals surface area (Å²) in [7, 11) is 0. The summed E-state index contributed by atoms with van der Waals surface area (Å²) in [5.41, 5.74) is 3.35. The molecule has 136 valence electrons. The van der Waals surface area contributed by atoms with Crippen LogP contribution in [-0.2, 0) is 11.2 Å². The average molecular weight is 388 g/mol. The average Bonchev–Trinajstić information content (AvgIpc) is 3.45. The summed E-state index contributed by atoms with van der Waals surface area (Å²) >= 11 is 12.3. The van der Waals surface area contributed by atoms with Crippen LogP contribution in [0.3, 0.4) is 0 Å². The number of halogens is 2. The van der Waals surface area contributed by atoms with Crippen molar-refractivity contribution in [3.05, 3.63) is 75.3 Å². The van der Waals surface area contributed by atoms with Crippen LogP contribution in [0.4, 0.5) is 0 Å². The largest absolute Gasteiger partial charge is 0.338 e. The van der Waals surface area contributed by atoms with Gasteiger partial charge in [-0.1, -0.05) is 71.2 Å². The highest BCUT2D eigenvalue weighted by Gasteiger charge is 2.33. The molecule has 1 aliphatic rings. The third-order valence-electron chi connectivity index (χ3n) is 4.56. The van der Waals surface area contributed by atoms with Crippen LogP contribution in [-0.4, -0.2) is 23.9 Å². The number of carbonyl (C=O) groups is 1. The Morgan fingerprint density at radius 2 is 1.88 bits per heavy atom. The van der Waals surface area contributed by atoms with Gasteiger partial charge in [-0.25, -0.2) is 0 Å². The predicted octanol–water partition coefficient (Wildman–Crippen LogP) is 5.88. The fourth-order valence-corrected chi connectivity index (χ4v) is 3.52. The highest BCUT2D eigenvalue weighted by molar-refractivity contribution is 6.35. The molecule has 0 spiro atoms. The summed E-state index contributed by atoms with van der Waals surface area (Å²) in [5, 5.41) is 1.29. The minimum atomic E-state index is 0.209. The van der Waals surface area contributed by atoms with Gasteiger partial charge in [-0.3, -0.25) is 4.79 Å². The first kappa shape index (κ1) is 19.0. The molecule has 4 heteroatoms. The van der Waals surface area contributed by atoms with Gasteiger partial charge in [-0.05, 0) is 49.4 Å². The fourth-order valence-electron chi connectivity index (χ4n) is 3.02. The molecule has 0 radical (unpaired) electrons. The first-order chi connectivity index (χ1) is 12.5. The maximum atomic E-state index is 12.7. The van der Waals surface area contributed by atoms with Crippen molar-refractivity contribution in [2.75, 3.05) is 13.1 Å². The van der Waals surface area contributed by atoms with Crippen molar-refractivity contribution in [1.29, 1.82) is 0 Å². The van der Waals surface area contributed by atoms with Gasteiger partial charge in [0.25, 0.3) is 0 Å². The Kier molecular flexibility index (Phi) is 6.39. The highest BCUT2D eigenvalue weighted by Crippen LogP contribution is 2.31. The first-order valence-electron chi connectivity index (χ1n) is 8.98. The molecule has 0 aliphatic heterocycles. The molecule has 2 aromatic carbocycles. The van der Waals surface area contributed by atoms with Crippen LogP contribution in [0.2, 0.25) is 10.0 Å². The van der Waals surface area contributed by atoms with Crippen LogP contribution < -0.4 is 0 Å². The maximum Gasteiger partial charge on any atom is 0.225 e. The molecule has 0 aromatic heterocycles. The highest BCUT2D eigenvalue weighted by atomic mass is 35.5. The number of carbonyl (C=O) groups excluding carboxylic acids is 1. The molecule has 2 aromatic rings. The molecule has 0 atom stereocenters. The van der Waals surface area contributed by atoms with Crippen molar-refractivity contribution < 1.29 is 4.79 Å². The lowest BCUT2D eigenvalue weighted by molar-refractivity contribution is -0.132. The van der Waals surface area contributed by atoms with Crippen LogP contribution >= 0.6 is 23.2 Å². The third kappa shape index (κ3) is 5.36. The van der Waals surface area contributed by atoms with Crippen LogP contribution in [0.1, 0.15) is 30.9 Å². The van der Waals surface area contributed by atoms with Crippen molar-refractivity contribution in [2.24, 2.45) is 5.92 Å². The summed E-state index contributed by atoms with van der Waals surface area (Å²) in [6, 6.07) is 15.7. The fraction of sp³-hybridized carbons (Fsp3) is 0.318.